The van der Waals surface area contributed by atoms with Gasteiger partial charge in [-0.25, -0.2) is 14.4 Å². The van der Waals surface area contributed by atoms with Gasteiger partial charge in [0.2, 0.25) is 11.9 Å². The average Bonchev–Trinajstić information content (AvgIpc) is 2.84. The van der Waals surface area contributed by atoms with Gasteiger partial charge in [-0.2, -0.15) is 0 Å². The summed E-state index contributed by atoms with van der Waals surface area (Å²) in [5.41, 5.74) is 3.77. The summed E-state index contributed by atoms with van der Waals surface area (Å²) in [6.45, 7) is -0.0115. The van der Waals surface area contributed by atoms with E-state index in [4.69, 9.17) is 4.74 Å². The van der Waals surface area contributed by atoms with Crippen LogP contribution in [0, 0.1) is 5.82 Å². The van der Waals surface area contributed by atoms with Gasteiger partial charge >= 0.3 is 0 Å². The molecule has 4 rings (SSSR count). The number of rotatable bonds is 7. The van der Waals surface area contributed by atoms with Crippen molar-refractivity contribution in [2.45, 2.75) is 0 Å². The quantitative estimate of drug-likeness (QED) is 0.433. The van der Waals surface area contributed by atoms with Gasteiger partial charge in [0.1, 0.15) is 11.6 Å². The second-order valence-corrected chi connectivity index (χ2v) is 6.97. The van der Waals surface area contributed by atoms with Crippen LogP contribution in [0.1, 0.15) is 0 Å². The van der Waals surface area contributed by atoms with Crippen LogP contribution in [-0.4, -0.2) is 29.5 Å². The van der Waals surface area contributed by atoms with Crippen LogP contribution in [0.2, 0.25) is 0 Å². The molecule has 6 nitrogen and oxygen atoms in total. The van der Waals surface area contributed by atoms with E-state index in [0.29, 0.717) is 17.1 Å². The first-order valence-electron chi connectivity index (χ1n) is 9.99. The molecule has 7 heteroatoms. The van der Waals surface area contributed by atoms with Crippen molar-refractivity contribution in [2.24, 2.45) is 0 Å². The minimum Gasteiger partial charge on any atom is -0.497 e. The monoisotopic (exact) mass is 428 g/mol. The Balaban J connectivity index is 1.58. The summed E-state index contributed by atoms with van der Waals surface area (Å²) in [5.74, 6) is 0.284. The van der Waals surface area contributed by atoms with E-state index in [1.165, 1.54) is 12.1 Å². The molecule has 0 aliphatic carbocycles. The number of hydrogen-bond acceptors (Lipinski definition) is 5. The Bertz CT molecular complexity index is 1200. The van der Waals surface area contributed by atoms with Crippen molar-refractivity contribution >= 4 is 17.5 Å². The van der Waals surface area contributed by atoms with Crippen LogP contribution in [0.25, 0.3) is 22.5 Å². The molecule has 0 aliphatic heterocycles. The molecule has 1 heterocycles. The molecule has 0 aliphatic rings. The topological polar surface area (TPSA) is 76.1 Å². The molecule has 0 atom stereocenters. The Kier molecular flexibility index (Phi) is 6.36. The fourth-order valence-electron chi connectivity index (χ4n) is 3.09. The number of halogens is 1. The highest BCUT2D eigenvalue weighted by atomic mass is 19.1. The van der Waals surface area contributed by atoms with Gasteiger partial charge in [-0.3, -0.25) is 10.1 Å². The fraction of sp³-hybridized carbons (Fsp3) is 0.0800. The number of anilines is 2. The highest BCUT2D eigenvalue weighted by Crippen LogP contribution is 2.26. The van der Waals surface area contributed by atoms with Crippen LogP contribution in [0.5, 0.6) is 5.75 Å². The third kappa shape index (κ3) is 5.26. The number of amides is 1. The average molecular weight is 428 g/mol. The summed E-state index contributed by atoms with van der Waals surface area (Å²) in [6.07, 6.45) is 0. The van der Waals surface area contributed by atoms with Gasteiger partial charge in [-0.15, -0.1) is 0 Å². The van der Waals surface area contributed by atoms with Crippen molar-refractivity contribution in [2.75, 3.05) is 24.3 Å². The minimum absolute atomic E-state index is 0.0115. The first-order valence-corrected chi connectivity index (χ1v) is 9.99. The van der Waals surface area contributed by atoms with Gasteiger partial charge < -0.3 is 10.1 Å². The predicted octanol–water partition coefficient (Wildman–Crippen LogP) is 5.01. The number of carbonyl (C=O) groups is 1. The zero-order valence-corrected chi connectivity index (χ0v) is 17.4. The summed E-state index contributed by atoms with van der Waals surface area (Å²) in [5, 5.41) is 5.69. The summed E-state index contributed by atoms with van der Waals surface area (Å²) in [4.78, 5) is 21.5. The molecule has 0 unspecified atom stereocenters. The largest absolute Gasteiger partial charge is 0.497 e. The molecule has 2 N–H and O–H groups in total. The number of benzene rings is 3. The van der Waals surface area contributed by atoms with E-state index in [9.17, 15) is 9.18 Å². The molecule has 0 saturated heterocycles. The molecule has 1 aromatic heterocycles. The Hall–Kier alpha value is -4.26. The number of ether oxygens (including phenoxy) is 1. The lowest BCUT2D eigenvalue weighted by Crippen LogP contribution is -2.23. The van der Waals surface area contributed by atoms with Crippen molar-refractivity contribution < 1.29 is 13.9 Å². The minimum atomic E-state index is -0.336. The Morgan fingerprint density at radius 3 is 2.12 bits per heavy atom. The maximum atomic E-state index is 13.0. The van der Waals surface area contributed by atoms with Crippen LogP contribution in [0.15, 0.2) is 84.9 Å². The zero-order valence-electron chi connectivity index (χ0n) is 17.4. The van der Waals surface area contributed by atoms with Gasteiger partial charge in [0.15, 0.2) is 0 Å². The van der Waals surface area contributed by atoms with Crippen LogP contribution in [-0.2, 0) is 4.79 Å². The van der Waals surface area contributed by atoms with Crippen LogP contribution in [0.3, 0.4) is 0 Å². The lowest BCUT2D eigenvalue weighted by molar-refractivity contribution is -0.114. The Labute approximate surface area is 185 Å². The standard InChI is InChI=1S/C25H21FN4O2/c1-32-21-13-7-18(8-14-21)23-15-22(17-5-3-2-4-6-17)28-25(29-23)30-24(31)16-27-20-11-9-19(26)10-12-20/h2-15,27H,16H2,1H3,(H,28,29,30,31). The summed E-state index contributed by atoms with van der Waals surface area (Å²) in [7, 11) is 1.61. The van der Waals surface area contributed by atoms with Gasteiger partial charge in [-0.1, -0.05) is 30.3 Å². The molecule has 160 valence electrons. The van der Waals surface area contributed by atoms with Gasteiger partial charge in [0, 0.05) is 16.8 Å². The normalized spacial score (nSPS) is 10.4. The molecular weight excluding hydrogens is 407 g/mol. The maximum absolute atomic E-state index is 13.0. The molecule has 3 aromatic carbocycles. The van der Waals surface area contributed by atoms with E-state index in [0.717, 1.165) is 16.9 Å². The molecule has 0 spiro atoms. The SMILES string of the molecule is COc1ccc(-c2cc(-c3ccccc3)nc(NC(=O)CNc3ccc(F)cc3)n2)cc1. The van der Waals surface area contributed by atoms with E-state index in [1.807, 2.05) is 60.7 Å². The summed E-state index contributed by atoms with van der Waals surface area (Å²) in [6, 6.07) is 24.8. The number of aromatic nitrogens is 2. The van der Waals surface area contributed by atoms with Crippen molar-refractivity contribution in [1.29, 1.82) is 0 Å². The lowest BCUT2D eigenvalue weighted by atomic mass is 10.1. The highest BCUT2D eigenvalue weighted by molar-refractivity contribution is 5.92. The van der Waals surface area contributed by atoms with Gasteiger partial charge in [0.05, 0.1) is 25.0 Å². The van der Waals surface area contributed by atoms with E-state index in [-0.39, 0.29) is 24.2 Å². The maximum Gasteiger partial charge on any atom is 0.246 e. The third-order valence-corrected chi connectivity index (χ3v) is 4.73. The van der Waals surface area contributed by atoms with Crippen molar-refractivity contribution in [3.8, 4) is 28.3 Å². The first-order chi connectivity index (χ1) is 15.6. The van der Waals surface area contributed by atoms with E-state index in [2.05, 4.69) is 20.6 Å². The molecule has 1 amide bonds. The van der Waals surface area contributed by atoms with Crippen molar-refractivity contribution in [3.63, 3.8) is 0 Å². The fourth-order valence-corrected chi connectivity index (χ4v) is 3.09. The predicted molar refractivity (Wildman–Crippen MR) is 123 cm³/mol. The Morgan fingerprint density at radius 1 is 0.875 bits per heavy atom. The van der Waals surface area contributed by atoms with Crippen LogP contribution in [0.4, 0.5) is 16.0 Å². The lowest BCUT2D eigenvalue weighted by Gasteiger charge is -2.11. The molecule has 32 heavy (non-hydrogen) atoms. The first kappa shape index (κ1) is 21.0. The second-order valence-electron chi connectivity index (χ2n) is 6.97. The zero-order chi connectivity index (χ0) is 22.3. The number of carbonyl (C=O) groups excluding carboxylic acids is 1. The van der Waals surface area contributed by atoms with Gasteiger partial charge in [-0.05, 0) is 54.6 Å². The third-order valence-electron chi connectivity index (χ3n) is 4.73. The molecule has 4 aromatic rings. The van der Waals surface area contributed by atoms with Crippen LogP contribution < -0.4 is 15.4 Å². The molecule has 0 bridgehead atoms. The highest BCUT2D eigenvalue weighted by Gasteiger charge is 2.11. The number of nitrogens with one attached hydrogen (secondary N) is 2. The molecule has 0 fully saturated rings. The van der Waals surface area contributed by atoms with Gasteiger partial charge in [0.25, 0.3) is 0 Å². The van der Waals surface area contributed by atoms with E-state index in [1.54, 1.807) is 19.2 Å². The number of hydrogen-bond donors (Lipinski definition) is 2. The molecule has 0 saturated carbocycles. The second kappa shape index (κ2) is 9.70. The summed E-state index contributed by atoms with van der Waals surface area (Å²) < 4.78 is 18.3. The van der Waals surface area contributed by atoms with E-state index < -0.39 is 0 Å². The summed E-state index contributed by atoms with van der Waals surface area (Å²) >= 11 is 0. The Morgan fingerprint density at radius 2 is 1.50 bits per heavy atom. The molecule has 0 radical (unpaired) electrons. The number of nitrogens with zero attached hydrogens (tertiary/aromatic N) is 2. The molecular formula is C25H21FN4O2. The van der Waals surface area contributed by atoms with Crippen molar-refractivity contribution in [1.82, 2.24) is 9.97 Å². The van der Waals surface area contributed by atoms with Crippen LogP contribution >= 0.6 is 0 Å². The van der Waals surface area contributed by atoms with E-state index >= 15 is 0 Å². The smallest absolute Gasteiger partial charge is 0.246 e. The number of methoxy groups -OCH3 is 1. The van der Waals surface area contributed by atoms with Crippen molar-refractivity contribution in [3.05, 3.63) is 90.7 Å².